The van der Waals surface area contributed by atoms with Crippen LogP contribution in [0.1, 0.15) is 24.4 Å². The topological polar surface area (TPSA) is 445 Å². The first kappa shape index (κ1) is 58.7. The number of thiol groups is 1. The van der Waals surface area contributed by atoms with E-state index in [1.54, 1.807) is 0 Å². The first-order valence-electron chi connectivity index (χ1n) is 23.6. The number of likely N-dealkylation sites (N-methyl/N-ethyl adjacent to an activating group) is 1. The van der Waals surface area contributed by atoms with Gasteiger partial charge in [-0.2, -0.15) is 0 Å². The molecule has 4 aliphatic rings. The van der Waals surface area contributed by atoms with Gasteiger partial charge in [0.1, 0.15) is 79.9 Å². The first-order chi connectivity index (χ1) is 38.0. The van der Waals surface area contributed by atoms with Crippen LogP contribution in [-0.2, 0) is 74.3 Å². The lowest BCUT2D eigenvalue weighted by Crippen LogP contribution is -2.61. The fourth-order valence-electron chi connectivity index (χ4n) is 8.49. The fraction of sp³-hybridized carbons (Fsp3) is 0.512. The highest BCUT2D eigenvalue weighted by Crippen LogP contribution is 2.59. The number of hydrogen-bond donors (Lipinski definition) is 10. The van der Waals surface area contributed by atoms with Crippen molar-refractivity contribution in [2.75, 3.05) is 56.3 Å². The number of aliphatic hydroxyl groups is 3. The van der Waals surface area contributed by atoms with Crippen molar-refractivity contribution < 1.29 is 104 Å². The molecule has 0 spiro atoms. The summed E-state index contributed by atoms with van der Waals surface area (Å²) in [5, 5.41) is 45.0. The summed E-state index contributed by atoms with van der Waals surface area (Å²) in [5.41, 5.74) is 11.7. The molecule has 80 heavy (non-hydrogen) atoms. The summed E-state index contributed by atoms with van der Waals surface area (Å²) in [7, 11) is 1.33. The van der Waals surface area contributed by atoms with Crippen molar-refractivity contribution >= 4 is 101 Å². The minimum atomic E-state index is -4.57. The van der Waals surface area contributed by atoms with Crippen molar-refractivity contribution in [1.29, 1.82) is 0 Å². The Kier molecular flexibility index (Phi) is 17.8. The summed E-state index contributed by atoms with van der Waals surface area (Å²) < 4.78 is 104. The van der Waals surface area contributed by atoms with Crippen LogP contribution in [0.25, 0.3) is 22.3 Å². The molecule has 434 valence electrons. The summed E-state index contributed by atoms with van der Waals surface area (Å²) in [6, 6.07) is 4.01. The molecule has 1 aromatic carbocycles. The number of carbonyl (C=O) groups excluding carboxylic acids is 3. The lowest BCUT2D eigenvalue weighted by molar-refractivity contribution is -0.271. The highest BCUT2D eigenvalue weighted by Gasteiger charge is 2.54. The normalized spacial score (nSPS) is 31.7. The quantitative estimate of drug-likeness (QED) is 0.0523. The van der Waals surface area contributed by atoms with Crippen molar-refractivity contribution in [2.24, 2.45) is 5.73 Å². The van der Waals surface area contributed by atoms with Gasteiger partial charge in [0.2, 0.25) is 12.2 Å². The SMILES string of the molecule is CN(CCOC(=O)Nc1ncnc2c1ncn2[C@@H]1O[C@@H]2COP(O)(=S)O[C@H]3[C@@H](F)[C@H](n4cnc5c(N)ncnc54)O[C@@H]3COP(=O)(S)O[C@H]2[C@H]1F)C(=O)OCc1ccc(O[C@@H]2O[C@H](C(=O)O)[C@@H](O)[C@H](O)[C@H]2O)c(NC(=O)CCN)c1. The summed E-state index contributed by atoms with van der Waals surface area (Å²) in [6.45, 7) is -11.5. The van der Waals surface area contributed by atoms with Crippen LogP contribution < -0.4 is 26.8 Å². The Morgan fingerprint density at radius 1 is 0.875 bits per heavy atom. The maximum absolute atomic E-state index is 16.6. The Labute approximate surface area is 458 Å². The number of aliphatic hydroxyl groups excluding tert-OH is 3. The van der Waals surface area contributed by atoms with E-state index in [0.29, 0.717) is 5.56 Å². The van der Waals surface area contributed by atoms with E-state index in [9.17, 15) is 49.1 Å². The van der Waals surface area contributed by atoms with Gasteiger partial charge in [-0.25, -0.2) is 57.6 Å². The number of carboxylic acids is 1. The van der Waals surface area contributed by atoms with E-state index in [1.807, 2.05) is 0 Å². The number of carboxylic acid groups (broad SMARTS) is 1. The Morgan fingerprint density at radius 3 is 2.19 bits per heavy atom. The molecule has 4 aliphatic heterocycles. The summed E-state index contributed by atoms with van der Waals surface area (Å²) in [5.74, 6) is -2.59. The van der Waals surface area contributed by atoms with Crippen molar-refractivity contribution in [3.05, 3.63) is 49.1 Å². The smallest absolute Gasteiger partial charge is 0.412 e. The molecular formula is C41H49F2N13O20P2S2. The number of hydrogen-bond acceptors (Lipinski definition) is 27. The number of aromatic nitrogens is 8. The largest absolute Gasteiger partial charge is 0.479 e. The van der Waals surface area contributed by atoms with Gasteiger partial charge in [-0.15, -0.1) is 0 Å². The molecule has 0 saturated carbocycles. The van der Waals surface area contributed by atoms with Crippen LogP contribution in [0.4, 0.5) is 35.7 Å². The highest BCUT2D eigenvalue weighted by molar-refractivity contribution is 8.44. The predicted octanol–water partition coefficient (Wildman–Crippen LogP) is 0.167. The molecule has 11 N–H and O–H groups in total. The molecule has 0 aliphatic carbocycles. The third-order valence-electron chi connectivity index (χ3n) is 12.4. The molecule has 8 heterocycles. The Morgan fingerprint density at radius 2 is 1.51 bits per heavy atom. The van der Waals surface area contributed by atoms with Gasteiger partial charge in [-0.1, -0.05) is 18.3 Å². The van der Waals surface area contributed by atoms with Crippen molar-refractivity contribution in [3.8, 4) is 5.75 Å². The average molecular weight is 1210 g/mol. The molecule has 0 bridgehead atoms. The van der Waals surface area contributed by atoms with E-state index in [1.165, 1.54) is 36.1 Å². The van der Waals surface area contributed by atoms with Crippen molar-refractivity contribution in [1.82, 2.24) is 43.9 Å². The molecule has 0 radical (unpaired) electrons. The molecule has 2 unspecified atom stereocenters. The zero-order valence-corrected chi connectivity index (χ0v) is 44.5. The number of benzene rings is 1. The van der Waals surface area contributed by atoms with Gasteiger partial charge in [0.05, 0.1) is 38.1 Å². The average Bonchev–Trinajstić information content (AvgIpc) is 4.21. The first-order valence-corrected chi connectivity index (χ1v) is 28.9. The van der Waals surface area contributed by atoms with Gasteiger partial charge >= 0.3 is 31.7 Å². The zero-order valence-electron chi connectivity index (χ0n) is 41.0. The number of aliphatic carboxylic acids is 1. The number of carbonyl (C=O) groups is 4. The van der Waals surface area contributed by atoms with E-state index in [2.05, 4.69) is 52.8 Å². The van der Waals surface area contributed by atoms with Crippen LogP contribution in [-0.4, -0.2) is 201 Å². The number of imidazole rings is 2. The van der Waals surface area contributed by atoms with Gasteiger partial charge in [0, 0.05) is 20.0 Å². The Balaban J connectivity index is 0.791. The second-order valence-electron chi connectivity index (χ2n) is 17.8. The van der Waals surface area contributed by atoms with Crippen LogP contribution in [0, 0.1) is 0 Å². The second-order valence-corrected chi connectivity index (χ2v) is 23.5. The number of nitrogen functional groups attached to an aromatic ring is 1. The molecule has 39 heteroatoms. The predicted molar refractivity (Wildman–Crippen MR) is 269 cm³/mol. The van der Waals surface area contributed by atoms with Crippen LogP contribution in [0.5, 0.6) is 5.75 Å². The molecular weight excluding hydrogens is 1160 g/mol. The van der Waals surface area contributed by atoms with Gasteiger partial charge in [0.15, 0.2) is 59.3 Å². The molecule has 9 rings (SSSR count). The van der Waals surface area contributed by atoms with E-state index in [0.717, 1.165) is 28.4 Å². The maximum Gasteiger partial charge on any atom is 0.412 e. The lowest BCUT2D eigenvalue weighted by atomic mass is 9.99. The Bertz CT molecular complexity index is 3230. The third-order valence-corrected chi connectivity index (χ3v) is 15.6. The second kappa shape index (κ2) is 24.2. The third kappa shape index (κ3) is 12.7. The number of anilines is 3. The summed E-state index contributed by atoms with van der Waals surface area (Å²) in [4.78, 5) is 86.7. The van der Waals surface area contributed by atoms with E-state index < -0.39 is 131 Å². The molecule has 3 amide bonds. The van der Waals surface area contributed by atoms with Crippen LogP contribution in [0.2, 0.25) is 0 Å². The monoisotopic (exact) mass is 1210 g/mol. The minimum absolute atomic E-state index is 0.00543. The molecule has 4 saturated heterocycles. The molecule has 4 aromatic heterocycles. The van der Waals surface area contributed by atoms with Gasteiger partial charge in [0.25, 0.3) is 0 Å². The zero-order chi connectivity index (χ0) is 57.4. The summed E-state index contributed by atoms with van der Waals surface area (Å²) in [6.07, 6.45) is -21.3. The van der Waals surface area contributed by atoms with Crippen molar-refractivity contribution in [2.45, 2.75) is 92.9 Å². The number of nitrogens with zero attached hydrogens (tertiary/aromatic N) is 9. The fourth-order valence-corrected chi connectivity index (χ4v) is 11.4. The van der Waals surface area contributed by atoms with E-state index in [-0.39, 0.29) is 78.1 Å². The molecule has 15 atom stereocenters. The lowest BCUT2D eigenvalue weighted by Gasteiger charge is -2.38. The molecule has 4 fully saturated rings. The maximum atomic E-state index is 16.6. The van der Waals surface area contributed by atoms with Crippen molar-refractivity contribution in [3.63, 3.8) is 0 Å². The number of ether oxygens (including phenoxy) is 6. The van der Waals surface area contributed by atoms with Crippen LogP contribution >= 0.6 is 25.8 Å². The van der Waals surface area contributed by atoms with Crippen LogP contribution in [0.15, 0.2) is 43.5 Å². The number of halogens is 2. The number of rotatable bonds is 14. The molecule has 5 aromatic rings. The minimum Gasteiger partial charge on any atom is -0.479 e. The number of alkyl halides is 2. The van der Waals surface area contributed by atoms with E-state index in [4.69, 9.17) is 69.8 Å². The van der Waals surface area contributed by atoms with E-state index >= 15 is 8.78 Å². The molecule has 33 nitrogen and oxygen atoms in total. The van der Waals surface area contributed by atoms with Crippen LogP contribution in [0.3, 0.4) is 0 Å². The highest BCUT2D eigenvalue weighted by atomic mass is 32.7. The number of nitrogens with one attached hydrogen (secondary N) is 2. The number of nitrogens with two attached hydrogens (primary N) is 2. The standard InChI is InChI=1S/C41H49F2N13O20P2S2/c1-54(41(64)68-9-16-2-3-18(17(8-16)52-21(57)4-5-44)73-39-28(60)26(58)27(59)31(74-39)38(61)62)6-7-67-40(63)53-33-25-35(49-13-47-33)56(15-51-25)37-23(43)30-20(72-37)11-70-77(65,79)75-29-19(10-69-78(66,80)76-30)71-36(22(29)42)55-14-50-24-32(45)46-12-48-34(24)55/h2-3,8,12-15,19-20,22-23,26-31,36-37,39,58-60H,4-7,9-11,44H2,1H3,(H,52,57)(H,61,62)(H,65,79)(H,66,80)(H2,45,46,48)(H,47,49,53,63)/t19-,20-,22-,23-,26+,27+,28-,29-,30-,31+,36-,37-,39-,77?,78?/m1/s1. The Hall–Kier alpha value is -5.99. The summed E-state index contributed by atoms with van der Waals surface area (Å²) >= 11 is 9.26. The number of fused-ring (bicyclic) bond motifs is 4. The van der Waals surface area contributed by atoms with Gasteiger partial charge in [-0.3, -0.25) is 32.8 Å². The van der Waals surface area contributed by atoms with Gasteiger partial charge in [-0.05, 0) is 29.5 Å². The van der Waals surface area contributed by atoms with Gasteiger partial charge < -0.3 is 79.9 Å². The number of amides is 3.